The van der Waals surface area contributed by atoms with Gasteiger partial charge in [-0.25, -0.2) is 0 Å². The van der Waals surface area contributed by atoms with Crippen molar-refractivity contribution < 1.29 is 23.4 Å². The zero-order valence-corrected chi connectivity index (χ0v) is 16.7. The lowest BCUT2D eigenvalue weighted by atomic mass is 9.88. The van der Waals surface area contributed by atoms with Crippen molar-refractivity contribution in [2.24, 2.45) is 0 Å². The molecule has 150 valence electrons. The highest BCUT2D eigenvalue weighted by Gasteiger charge is 2.30. The van der Waals surface area contributed by atoms with E-state index in [4.69, 9.17) is 18.6 Å². The fourth-order valence-corrected chi connectivity index (χ4v) is 3.62. The number of anilines is 1. The van der Waals surface area contributed by atoms with Gasteiger partial charge in [0.2, 0.25) is 5.91 Å². The van der Waals surface area contributed by atoms with E-state index in [1.807, 2.05) is 49.4 Å². The van der Waals surface area contributed by atoms with Crippen LogP contribution in [0.25, 0.3) is 11.3 Å². The summed E-state index contributed by atoms with van der Waals surface area (Å²) in [7, 11) is 3.17. The lowest BCUT2D eigenvalue weighted by molar-refractivity contribution is -0.116. The van der Waals surface area contributed by atoms with Crippen LogP contribution in [0.4, 0.5) is 5.69 Å². The van der Waals surface area contributed by atoms with Crippen molar-refractivity contribution in [1.29, 1.82) is 0 Å². The van der Waals surface area contributed by atoms with E-state index in [0.717, 1.165) is 28.4 Å². The maximum Gasteiger partial charge on any atom is 0.225 e. The van der Waals surface area contributed by atoms with Crippen LogP contribution in [0, 0.1) is 0 Å². The lowest BCUT2D eigenvalue weighted by Crippen LogP contribution is -2.23. The van der Waals surface area contributed by atoms with Crippen LogP contribution in [0.3, 0.4) is 0 Å². The van der Waals surface area contributed by atoms with Gasteiger partial charge in [-0.2, -0.15) is 0 Å². The molecule has 3 aromatic rings. The largest absolute Gasteiger partial charge is 0.494 e. The van der Waals surface area contributed by atoms with Crippen molar-refractivity contribution in [1.82, 2.24) is 0 Å². The predicted octanol–water partition coefficient (Wildman–Crippen LogP) is 4.84. The second kappa shape index (κ2) is 7.91. The Morgan fingerprint density at radius 2 is 1.76 bits per heavy atom. The first-order valence-electron chi connectivity index (χ1n) is 9.51. The van der Waals surface area contributed by atoms with Crippen molar-refractivity contribution in [3.05, 3.63) is 59.9 Å². The Morgan fingerprint density at radius 3 is 2.45 bits per heavy atom. The molecule has 0 bridgehead atoms. The zero-order chi connectivity index (χ0) is 20.4. The Hall–Kier alpha value is -3.41. The molecule has 4 rings (SSSR count). The third kappa shape index (κ3) is 3.66. The SMILES string of the molecule is CCOc1ccc(-c2ccc(C3CC(=O)Nc4cc(OC)c(OC)cc43)o2)cc1. The molecule has 0 saturated carbocycles. The Kier molecular flexibility index (Phi) is 5.16. The van der Waals surface area contributed by atoms with Gasteiger partial charge in [-0.15, -0.1) is 0 Å². The first kappa shape index (κ1) is 18.9. The number of furan rings is 1. The summed E-state index contributed by atoms with van der Waals surface area (Å²) >= 11 is 0. The monoisotopic (exact) mass is 393 g/mol. The van der Waals surface area contributed by atoms with Crippen molar-refractivity contribution in [2.75, 3.05) is 26.1 Å². The van der Waals surface area contributed by atoms with Gasteiger partial charge in [0.25, 0.3) is 0 Å². The summed E-state index contributed by atoms with van der Waals surface area (Å²) in [5.41, 5.74) is 2.60. The molecule has 1 unspecified atom stereocenters. The second-order valence-electron chi connectivity index (χ2n) is 6.76. The standard InChI is InChI=1S/C23H23NO5/c1-4-28-15-7-5-14(6-8-15)19-9-10-20(29-19)17-12-23(25)24-18-13-22(27-3)21(26-2)11-16(17)18/h5-11,13,17H,4,12H2,1-3H3,(H,24,25). The van der Waals surface area contributed by atoms with Gasteiger partial charge < -0.3 is 23.9 Å². The van der Waals surface area contributed by atoms with Crippen LogP contribution >= 0.6 is 0 Å². The Labute approximate surface area is 169 Å². The van der Waals surface area contributed by atoms with Crippen LogP contribution < -0.4 is 19.5 Å². The molecular formula is C23H23NO5. The van der Waals surface area contributed by atoms with E-state index in [-0.39, 0.29) is 11.8 Å². The molecule has 0 radical (unpaired) electrons. The molecule has 6 nitrogen and oxygen atoms in total. The smallest absolute Gasteiger partial charge is 0.225 e. The third-order valence-electron chi connectivity index (χ3n) is 5.01. The molecule has 2 aromatic carbocycles. The maximum absolute atomic E-state index is 12.3. The van der Waals surface area contributed by atoms with Gasteiger partial charge in [0.05, 0.1) is 26.7 Å². The van der Waals surface area contributed by atoms with Crippen molar-refractivity contribution >= 4 is 11.6 Å². The number of methoxy groups -OCH3 is 2. The molecular weight excluding hydrogens is 370 g/mol. The molecule has 1 aromatic heterocycles. The minimum absolute atomic E-state index is 0.0614. The van der Waals surface area contributed by atoms with Crippen LogP contribution in [0.2, 0.25) is 0 Å². The lowest BCUT2D eigenvalue weighted by Gasteiger charge is -2.25. The maximum atomic E-state index is 12.3. The van der Waals surface area contributed by atoms with Gasteiger partial charge in [0.1, 0.15) is 17.3 Å². The number of hydrogen-bond donors (Lipinski definition) is 1. The number of amides is 1. The topological polar surface area (TPSA) is 69.9 Å². The van der Waals surface area contributed by atoms with Crippen molar-refractivity contribution in [3.8, 4) is 28.6 Å². The molecule has 0 fully saturated rings. The number of carbonyl (C=O) groups excluding carboxylic acids is 1. The van der Waals surface area contributed by atoms with E-state index in [2.05, 4.69) is 5.32 Å². The number of ether oxygens (including phenoxy) is 3. The summed E-state index contributed by atoms with van der Waals surface area (Å²) in [6.07, 6.45) is 0.304. The molecule has 1 atom stereocenters. The van der Waals surface area contributed by atoms with E-state index >= 15 is 0 Å². The summed E-state index contributed by atoms with van der Waals surface area (Å²) in [5.74, 6) is 3.23. The molecule has 1 N–H and O–H groups in total. The quantitative estimate of drug-likeness (QED) is 0.649. The highest BCUT2D eigenvalue weighted by Crippen LogP contribution is 2.44. The van der Waals surface area contributed by atoms with Crippen LogP contribution in [0.15, 0.2) is 52.9 Å². The summed E-state index contributed by atoms with van der Waals surface area (Å²) in [6, 6.07) is 15.3. The molecule has 1 aliphatic heterocycles. The number of rotatable bonds is 6. The Bertz CT molecular complexity index is 1020. The Morgan fingerprint density at radius 1 is 1.03 bits per heavy atom. The fraction of sp³-hybridized carbons (Fsp3) is 0.261. The first-order chi connectivity index (χ1) is 14.1. The predicted molar refractivity (Wildman–Crippen MR) is 110 cm³/mol. The van der Waals surface area contributed by atoms with Gasteiger partial charge in [-0.3, -0.25) is 4.79 Å². The number of nitrogens with one attached hydrogen (secondary N) is 1. The average molecular weight is 393 g/mol. The van der Waals surface area contributed by atoms with Gasteiger partial charge in [-0.05, 0) is 55.0 Å². The normalized spacial score (nSPS) is 15.4. The molecule has 6 heteroatoms. The number of carbonyl (C=O) groups is 1. The van der Waals surface area contributed by atoms with E-state index < -0.39 is 0 Å². The van der Waals surface area contributed by atoms with Gasteiger partial charge in [0, 0.05) is 23.7 Å². The van der Waals surface area contributed by atoms with Crippen LogP contribution in [-0.4, -0.2) is 26.7 Å². The fourth-order valence-electron chi connectivity index (χ4n) is 3.62. The van der Waals surface area contributed by atoms with E-state index in [0.29, 0.717) is 30.2 Å². The van der Waals surface area contributed by atoms with E-state index in [1.54, 1.807) is 20.3 Å². The highest BCUT2D eigenvalue weighted by molar-refractivity contribution is 5.95. The molecule has 1 aliphatic rings. The van der Waals surface area contributed by atoms with Gasteiger partial charge >= 0.3 is 0 Å². The second-order valence-corrected chi connectivity index (χ2v) is 6.76. The third-order valence-corrected chi connectivity index (χ3v) is 5.01. The molecule has 0 spiro atoms. The highest BCUT2D eigenvalue weighted by atomic mass is 16.5. The van der Waals surface area contributed by atoms with Crippen molar-refractivity contribution in [2.45, 2.75) is 19.3 Å². The summed E-state index contributed by atoms with van der Waals surface area (Å²) in [5, 5.41) is 2.91. The Balaban J connectivity index is 1.68. The molecule has 0 aliphatic carbocycles. The van der Waals surface area contributed by atoms with Gasteiger partial charge in [0.15, 0.2) is 11.5 Å². The number of fused-ring (bicyclic) bond motifs is 1. The number of hydrogen-bond acceptors (Lipinski definition) is 5. The summed E-state index contributed by atoms with van der Waals surface area (Å²) in [4.78, 5) is 12.3. The van der Waals surface area contributed by atoms with Crippen LogP contribution in [0.5, 0.6) is 17.2 Å². The van der Waals surface area contributed by atoms with Gasteiger partial charge in [-0.1, -0.05) is 0 Å². The number of benzene rings is 2. The van der Waals surface area contributed by atoms with Crippen LogP contribution in [-0.2, 0) is 4.79 Å². The molecule has 1 amide bonds. The van der Waals surface area contributed by atoms with E-state index in [1.165, 1.54) is 0 Å². The average Bonchev–Trinajstić information content (AvgIpc) is 3.23. The molecule has 2 heterocycles. The minimum Gasteiger partial charge on any atom is -0.494 e. The van der Waals surface area contributed by atoms with Crippen molar-refractivity contribution in [3.63, 3.8) is 0 Å². The van der Waals surface area contributed by atoms with E-state index in [9.17, 15) is 4.79 Å². The molecule has 0 saturated heterocycles. The zero-order valence-electron chi connectivity index (χ0n) is 16.7. The van der Waals surface area contributed by atoms with Crippen LogP contribution in [0.1, 0.15) is 30.6 Å². The first-order valence-corrected chi connectivity index (χ1v) is 9.51. The summed E-state index contributed by atoms with van der Waals surface area (Å²) in [6.45, 7) is 2.58. The minimum atomic E-state index is -0.199. The summed E-state index contributed by atoms with van der Waals surface area (Å²) < 4.78 is 22.4. The molecule has 29 heavy (non-hydrogen) atoms.